The van der Waals surface area contributed by atoms with Gasteiger partial charge < -0.3 is 15.8 Å². The summed E-state index contributed by atoms with van der Waals surface area (Å²) in [6.45, 7) is 0. The number of benzene rings is 1. The lowest BCUT2D eigenvalue weighted by Crippen LogP contribution is -2.05. The number of rotatable bonds is 4. The van der Waals surface area contributed by atoms with Crippen molar-refractivity contribution < 1.29 is 4.74 Å². The predicted molar refractivity (Wildman–Crippen MR) is 69.0 cm³/mol. The van der Waals surface area contributed by atoms with Gasteiger partial charge in [0, 0.05) is 6.04 Å². The van der Waals surface area contributed by atoms with E-state index in [9.17, 15) is 0 Å². The summed E-state index contributed by atoms with van der Waals surface area (Å²) >= 11 is 0. The van der Waals surface area contributed by atoms with Gasteiger partial charge in [0.15, 0.2) is 0 Å². The van der Waals surface area contributed by atoms with Crippen molar-refractivity contribution in [3.8, 4) is 11.4 Å². The first-order chi connectivity index (χ1) is 8.78. The summed E-state index contributed by atoms with van der Waals surface area (Å²) in [6.07, 6.45) is 2.34. The molecular formula is C12H15N5O. The van der Waals surface area contributed by atoms with Crippen molar-refractivity contribution in [3.05, 3.63) is 24.3 Å². The van der Waals surface area contributed by atoms with Crippen molar-refractivity contribution in [1.29, 1.82) is 0 Å². The van der Waals surface area contributed by atoms with Crippen LogP contribution in [0.25, 0.3) is 5.69 Å². The lowest BCUT2D eigenvalue weighted by atomic mass is 10.3. The summed E-state index contributed by atoms with van der Waals surface area (Å²) < 4.78 is 6.88. The molecule has 3 rings (SSSR count). The fourth-order valence-corrected chi connectivity index (χ4v) is 1.78. The molecular weight excluding hydrogens is 230 g/mol. The van der Waals surface area contributed by atoms with E-state index in [1.165, 1.54) is 12.8 Å². The van der Waals surface area contributed by atoms with Crippen LogP contribution >= 0.6 is 0 Å². The van der Waals surface area contributed by atoms with Crippen molar-refractivity contribution in [2.45, 2.75) is 18.9 Å². The SMILES string of the molecule is COc1ccccc1-n1nc(NC2CC2)nc1N. The van der Waals surface area contributed by atoms with Crippen LogP contribution in [0.15, 0.2) is 24.3 Å². The maximum Gasteiger partial charge on any atom is 0.244 e. The van der Waals surface area contributed by atoms with Crippen LogP contribution in [0.1, 0.15) is 12.8 Å². The Hall–Kier alpha value is -2.24. The Morgan fingerprint density at radius 3 is 2.89 bits per heavy atom. The lowest BCUT2D eigenvalue weighted by molar-refractivity contribution is 0.412. The van der Waals surface area contributed by atoms with Gasteiger partial charge in [0.05, 0.1) is 7.11 Å². The number of para-hydroxylation sites is 2. The molecule has 0 bridgehead atoms. The third kappa shape index (κ3) is 1.97. The highest BCUT2D eigenvalue weighted by Gasteiger charge is 2.23. The molecule has 0 spiro atoms. The quantitative estimate of drug-likeness (QED) is 0.852. The molecule has 1 aliphatic carbocycles. The van der Waals surface area contributed by atoms with Crippen LogP contribution in [0.4, 0.5) is 11.9 Å². The van der Waals surface area contributed by atoms with Gasteiger partial charge in [-0.1, -0.05) is 12.1 Å². The molecule has 0 saturated heterocycles. The second kappa shape index (κ2) is 4.21. The number of hydrogen-bond donors (Lipinski definition) is 2. The van der Waals surface area contributed by atoms with Gasteiger partial charge in [-0.15, -0.1) is 5.10 Å². The van der Waals surface area contributed by atoms with E-state index in [-0.39, 0.29) is 0 Å². The first-order valence-corrected chi connectivity index (χ1v) is 5.90. The summed E-state index contributed by atoms with van der Waals surface area (Å²) in [7, 11) is 1.62. The normalized spacial score (nSPS) is 14.5. The second-order valence-electron chi connectivity index (χ2n) is 4.30. The molecule has 0 unspecified atom stereocenters. The molecule has 1 aromatic heterocycles. The van der Waals surface area contributed by atoms with Gasteiger partial charge in [-0.25, -0.2) is 0 Å². The van der Waals surface area contributed by atoms with Gasteiger partial charge in [-0.2, -0.15) is 9.67 Å². The molecule has 0 radical (unpaired) electrons. The molecule has 3 N–H and O–H groups in total. The van der Waals surface area contributed by atoms with E-state index in [1.807, 2.05) is 24.3 Å². The van der Waals surface area contributed by atoms with E-state index in [2.05, 4.69) is 15.4 Å². The minimum Gasteiger partial charge on any atom is -0.494 e. The summed E-state index contributed by atoms with van der Waals surface area (Å²) in [5, 5.41) is 7.58. The van der Waals surface area contributed by atoms with Gasteiger partial charge in [-0.05, 0) is 25.0 Å². The van der Waals surface area contributed by atoms with Gasteiger partial charge in [0.1, 0.15) is 11.4 Å². The van der Waals surface area contributed by atoms with E-state index < -0.39 is 0 Å². The van der Waals surface area contributed by atoms with Crippen LogP contribution in [0.2, 0.25) is 0 Å². The Labute approximate surface area is 105 Å². The van der Waals surface area contributed by atoms with Crippen LogP contribution < -0.4 is 15.8 Å². The maximum atomic E-state index is 5.89. The number of aromatic nitrogens is 3. The lowest BCUT2D eigenvalue weighted by Gasteiger charge is -2.07. The van der Waals surface area contributed by atoms with Gasteiger partial charge in [0.2, 0.25) is 11.9 Å². The number of nitrogens with one attached hydrogen (secondary N) is 1. The summed E-state index contributed by atoms with van der Waals surface area (Å²) in [4.78, 5) is 4.21. The van der Waals surface area contributed by atoms with Crippen LogP contribution in [-0.2, 0) is 0 Å². The van der Waals surface area contributed by atoms with Crippen molar-refractivity contribution >= 4 is 11.9 Å². The molecule has 0 atom stereocenters. The largest absolute Gasteiger partial charge is 0.494 e. The summed E-state index contributed by atoms with van der Waals surface area (Å²) in [5.74, 6) is 1.63. The van der Waals surface area contributed by atoms with Gasteiger partial charge in [0.25, 0.3) is 0 Å². The van der Waals surface area contributed by atoms with Crippen LogP contribution in [0.3, 0.4) is 0 Å². The zero-order chi connectivity index (χ0) is 12.5. The van der Waals surface area contributed by atoms with Crippen molar-refractivity contribution in [1.82, 2.24) is 14.8 Å². The van der Waals surface area contributed by atoms with Gasteiger partial charge >= 0.3 is 0 Å². The predicted octanol–water partition coefficient (Wildman–Crippen LogP) is 1.43. The van der Waals surface area contributed by atoms with Gasteiger partial charge in [-0.3, -0.25) is 0 Å². The highest BCUT2D eigenvalue weighted by molar-refractivity contribution is 5.50. The molecule has 1 saturated carbocycles. The van der Waals surface area contributed by atoms with E-state index in [1.54, 1.807) is 11.8 Å². The molecule has 6 nitrogen and oxygen atoms in total. The van der Waals surface area contributed by atoms with Crippen molar-refractivity contribution in [2.75, 3.05) is 18.2 Å². The molecule has 2 aromatic rings. The molecule has 18 heavy (non-hydrogen) atoms. The number of nitrogen functional groups attached to an aromatic ring is 1. The van der Waals surface area contributed by atoms with Crippen LogP contribution in [0.5, 0.6) is 5.75 Å². The van der Waals surface area contributed by atoms with Crippen molar-refractivity contribution in [2.24, 2.45) is 0 Å². The Morgan fingerprint density at radius 1 is 1.39 bits per heavy atom. The minimum absolute atomic E-state index is 0.350. The van der Waals surface area contributed by atoms with E-state index in [0.29, 0.717) is 23.7 Å². The zero-order valence-electron chi connectivity index (χ0n) is 10.1. The Kier molecular flexibility index (Phi) is 2.55. The summed E-state index contributed by atoms with van der Waals surface area (Å²) in [6, 6.07) is 8.07. The van der Waals surface area contributed by atoms with E-state index >= 15 is 0 Å². The zero-order valence-corrected chi connectivity index (χ0v) is 10.1. The fourth-order valence-electron chi connectivity index (χ4n) is 1.78. The minimum atomic E-state index is 0.350. The fraction of sp³-hybridized carbons (Fsp3) is 0.333. The highest BCUT2D eigenvalue weighted by atomic mass is 16.5. The molecule has 6 heteroatoms. The molecule has 1 fully saturated rings. The monoisotopic (exact) mass is 245 g/mol. The first kappa shape index (κ1) is 10.9. The molecule has 1 heterocycles. The third-order valence-corrected chi connectivity index (χ3v) is 2.86. The number of ether oxygens (including phenoxy) is 1. The van der Waals surface area contributed by atoms with E-state index in [4.69, 9.17) is 10.5 Å². The Morgan fingerprint density at radius 2 is 2.17 bits per heavy atom. The Balaban J connectivity index is 1.96. The molecule has 94 valence electrons. The van der Waals surface area contributed by atoms with Crippen LogP contribution in [-0.4, -0.2) is 27.9 Å². The number of anilines is 2. The molecule has 1 aromatic carbocycles. The molecule has 1 aliphatic rings. The average Bonchev–Trinajstić information content (AvgIpc) is 3.12. The third-order valence-electron chi connectivity index (χ3n) is 2.86. The number of hydrogen-bond acceptors (Lipinski definition) is 5. The highest BCUT2D eigenvalue weighted by Crippen LogP contribution is 2.26. The standard InChI is InChI=1S/C12H15N5O/c1-18-10-5-3-2-4-9(10)17-11(13)15-12(16-17)14-8-6-7-8/h2-5,8H,6-7H2,1H3,(H3,13,14,15,16). The topological polar surface area (TPSA) is 78.0 Å². The summed E-state index contributed by atoms with van der Waals surface area (Å²) in [5.41, 5.74) is 6.67. The number of nitrogens with two attached hydrogens (primary N) is 1. The average molecular weight is 245 g/mol. The Bertz CT molecular complexity index is 561. The molecule has 0 aliphatic heterocycles. The second-order valence-corrected chi connectivity index (χ2v) is 4.30. The number of nitrogens with zero attached hydrogens (tertiary/aromatic N) is 3. The maximum absolute atomic E-state index is 5.89. The molecule has 0 amide bonds. The van der Waals surface area contributed by atoms with Crippen LogP contribution in [0, 0.1) is 0 Å². The number of methoxy groups -OCH3 is 1. The van der Waals surface area contributed by atoms with E-state index in [0.717, 1.165) is 5.69 Å². The smallest absolute Gasteiger partial charge is 0.244 e. The van der Waals surface area contributed by atoms with Crippen molar-refractivity contribution in [3.63, 3.8) is 0 Å². The first-order valence-electron chi connectivity index (χ1n) is 5.90.